The van der Waals surface area contributed by atoms with Crippen molar-refractivity contribution in [2.24, 2.45) is 0 Å². The van der Waals surface area contributed by atoms with Gasteiger partial charge in [0.05, 0.1) is 5.56 Å². The third-order valence-corrected chi connectivity index (χ3v) is 3.91. The van der Waals surface area contributed by atoms with Gasteiger partial charge in [0.25, 0.3) is 5.91 Å². The maximum Gasteiger partial charge on any atom is 0.255 e. The summed E-state index contributed by atoms with van der Waals surface area (Å²) in [6.45, 7) is 4.59. The summed E-state index contributed by atoms with van der Waals surface area (Å²) < 4.78 is 0.838. The number of aromatic nitrogens is 1. The summed E-state index contributed by atoms with van der Waals surface area (Å²) in [4.78, 5) is 18.4. The number of nitrogens with one attached hydrogen (secondary N) is 1. The van der Waals surface area contributed by atoms with Gasteiger partial charge in [0.15, 0.2) is 0 Å². The Morgan fingerprint density at radius 1 is 1.53 bits per heavy atom. The SMILES string of the molecule is CCN(CC1CCCCN1)C(=O)c1cncc(Br)c1. The molecule has 1 saturated heterocycles. The molecule has 1 amide bonds. The van der Waals surface area contributed by atoms with E-state index in [1.165, 1.54) is 12.8 Å². The molecule has 19 heavy (non-hydrogen) atoms. The molecule has 0 aliphatic carbocycles. The minimum atomic E-state index is 0.0590. The van der Waals surface area contributed by atoms with Gasteiger partial charge < -0.3 is 10.2 Å². The van der Waals surface area contributed by atoms with Crippen molar-refractivity contribution in [2.75, 3.05) is 19.6 Å². The second kappa shape index (κ2) is 7.01. The highest BCUT2D eigenvalue weighted by Crippen LogP contribution is 2.14. The van der Waals surface area contributed by atoms with Gasteiger partial charge >= 0.3 is 0 Å². The van der Waals surface area contributed by atoms with E-state index in [2.05, 4.69) is 26.2 Å². The van der Waals surface area contributed by atoms with Crippen molar-refractivity contribution < 1.29 is 4.79 Å². The van der Waals surface area contributed by atoms with Gasteiger partial charge in [-0.2, -0.15) is 0 Å². The number of pyridine rings is 1. The maximum atomic E-state index is 12.4. The molecule has 2 heterocycles. The molecular formula is C14H20BrN3O. The summed E-state index contributed by atoms with van der Waals surface area (Å²) >= 11 is 3.35. The van der Waals surface area contributed by atoms with Crippen molar-refractivity contribution >= 4 is 21.8 Å². The van der Waals surface area contributed by atoms with Gasteiger partial charge in [-0.25, -0.2) is 0 Å². The second-order valence-corrected chi connectivity index (χ2v) is 5.80. The van der Waals surface area contributed by atoms with Crippen molar-refractivity contribution in [3.05, 3.63) is 28.5 Å². The normalized spacial score (nSPS) is 19.2. The molecule has 104 valence electrons. The van der Waals surface area contributed by atoms with Crippen molar-refractivity contribution in [1.82, 2.24) is 15.2 Å². The molecule has 1 aliphatic rings. The van der Waals surface area contributed by atoms with Crippen LogP contribution in [0.15, 0.2) is 22.9 Å². The average Bonchev–Trinajstić information content (AvgIpc) is 2.45. The van der Waals surface area contributed by atoms with E-state index in [1.54, 1.807) is 12.4 Å². The van der Waals surface area contributed by atoms with E-state index in [0.29, 0.717) is 11.6 Å². The van der Waals surface area contributed by atoms with E-state index >= 15 is 0 Å². The summed E-state index contributed by atoms with van der Waals surface area (Å²) in [5, 5.41) is 3.48. The van der Waals surface area contributed by atoms with Crippen LogP contribution in [-0.2, 0) is 0 Å². The number of piperidine rings is 1. The smallest absolute Gasteiger partial charge is 0.255 e. The van der Waals surface area contributed by atoms with Gasteiger partial charge in [0.2, 0.25) is 0 Å². The molecule has 1 unspecified atom stereocenters. The predicted molar refractivity (Wildman–Crippen MR) is 79.2 cm³/mol. The van der Waals surface area contributed by atoms with Crippen LogP contribution in [0.5, 0.6) is 0 Å². The van der Waals surface area contributed by atoms with E-state index in [-0.39, 0.29) is 5.91 Å². The first-order valence-corrected chi connectivity index (χ1v) is 7.63. The summed E-state index contributed by atoms with van der Waals surface area (Å²) in [7, 11) is 0. The summed E-state index contributed by atoms with van der Waals surface area (Å²) in [5.74, 6) is 0.0590. The van der Waals surface area contributed by atoms with Gasteiger partial charge in [-0.1, -0.05) is 6.42 Å². The number of halogens is 1. The Kier molecular flexibility index (Phi) is 5.34. The Hall–Kier alpha value is -0.940. The zero-order valence-corrected chi connectivity index (χ0v) is 12.8. The lowest BCUT2D eigenvalue weighted by atomic mass is 10.0. The van der Waals surface area contributed by atoms with Crippen LogP contribution in [0.1, 0.15) is 36.5 Å². The first kappa shape index (κ1) is 14.5. The summed E-state index contributed by atoms with van der Waals surface area (Å²) in [5.41, 5.74) is 0.645. The minimum Gasteiger partial charge on any atom is -0.337 e. The maximum absolute atomic E-state index is 12.4. The summed E-state index contributed by atoms with van der Waals surface area (Å²) in [6, 6.07) is 2.25. The van der Waals surface area contributed by atoms with Crippen LogP contribution < -0.4 is 5.32 Å². The van der Waals surface area contributed by atoms with Gasteiger partial charge in [-0.3, -0.25) is 9.78 Å². The largest absolute Gasteiger partial charge is 0.337 e. The van der Waals surface area contributed by atoms with Gasteiger partial charge in [0, 0.05) is 36.0 Å². The molecule has 0 radical (unpaired) electrons. The topological polar surface area (TPSA) is 45.2 Å². The number of carbonyl (C=O) groups is 1. The number of rotatable bonds is 4. The number of likely N-dealkylation sites (N-methyl/N-ethyl adjacent to an activating group) is 1. The molecule has 0 bridgehead atoms. The zero-order chi connectivity index (χ0) is 13.7. The Bertz CT molecular complexity index is 432. The third-order valence-electron chi connectivity index (χ3n) is 3.47. The number of carbonyl (C=O) groups excluding carboxylic acids is 1. The monoisotopic (exact) mass is 325 g/mol. The molecular weight excluding hydrogens is 306 g/mol. The molecule has 1 fully saturated rings. The van der Waals surface area contributed by atoms with Crippen LogP contribution in [0, 0.1) is 0 Å². The van der Waals surface area contributed by atoms with Crippen LogP contribution in [0.2, 0.25) is 0 Å². The van der Waals surface area contributed by atoms with E-state index in [9.17, 15) is 4.79 Å². The fourth-order valence-electron chi connectivity index (χ4n) is 2.41. The lowest BCUT2D eigenvalue weighted by molar-refractivity contribution is 0.0741. The molecule has 1 aromatic heterocycles. The highest BCUT2D eigenvalue weighted by atomic mass is 79.9. The lowest BCUT2D eigenvalue weighted by Gasteiger charge is -2.30. The predicted octanol–water partition coefficient (Wildman–Crippen LogP) is 2.45. The van der Waals surface area contributed by atoms with Gasteiger partial charge in [-0.05, 0) is 48.3 Å². The van der Waals surface area contributed by atoms with Crippen LogP contribution in [0.25, 0.3) is 0 Å². The first-order chi connectivity index (χ1) is 9.20. The molecule has 2 rings (SSSR count). The van der Waals surface area contributed by atoms with Crippen molar-refractivity contribution in [3.8, 4) is 0 Å². The van der Waals surface area contributed by atoms with Crippen LogP contribution >= 0.6 is 15.9 Å². The number of hydrogen-bond donors (Lipinski definition) is 1. The molecule has 1 N–H and O–H groups in total. The quantitative estimate of drug-likeness (QED) is 0.924. The lowest BCUT2D eigenvalue weighted by Crippen LogP contribution is -2.45. The number of nitrogens with zero attached hydrogens (tertiary/aromatic N) is 2. The molecule has 1 aliphatic heterocycles. The van der Waals surface area contributed by atoms with Crippen molar-refractivity contribution in [2.45, 2.75) is 32.2 Å². The summed E-state index contributed by atoms with van der Waals surface area (Å²) in [6.07, 6.45) is 6.97. The van der Waals surface area contributed by atoms with E-state index in [1.807, 2.05) is 17.9 Å². The zero-order valence-electron chi connectivity index (χ0n) is 11.2. The molecule has 1 atom stereocenters. The van der Waals surface area contributed by atoms with Crippen LogP contribution in [0.4, 0.5) is 0 Å². The molecule has 0 aromatic carbocycles. The fraction of sp³-hybridized carbons (Fsp3) is 0.571. The number of amides is 1. The molecule has 0 saturated carbocycles. The molecule has 0 spiro atoms. The van der Waals surface area contributed by atoms with Gasteiger partial charge in [-0.15, -0.1) is 0 Å². The fourth-order valence-corrected chi connectivity index (χ4v) is 2.78. The second-order valence-electron chi connectivity index (χ2n) is 4.88. The Balaban J connectivity index is 2.02. The van der Waals surface area contributed by atoms with Gasteiger partial charge in [0.1, 0.15) is 0 Å². The average molecular weight is 326 g/mol. The molecule has 1 aromatic rings. The van der Waals surface area contributed by atoms with Crippen molar-refractivity contribution in [1.29, 1.82) is 0 Å². The van der Waals surface area contributed by atoms with E-state index < -0.39 is 0 Å². The number of hydrogen-bond acceptors (Lipinski definition) is 3. The molecule has 4 nitrogen and oxygen atoms in total. The van der Waals surface area contributed by atoms with Crippen LogP contribution in [0.3, 0.4) is 0 Å². The first-order valence-electron chi connectivity index (χ1n) is 6.84. The molecule has 5 heteroatoms. The highest BCUT2D eigenvalue weighted by Gasteiger charge is 2.20. The third kappa shape index (κ3) is 4.01. The van der Waals surface area contributed by atoms with Crippen molar-refractivity contribution in [3.63, 3.8) is 0 Å². The Labute approximate surface area is 122 Å². The Morgan fingerprint density at radius 3 is 3.00 bits per heavy atom. The minimum absolute atomic E-state index is 0.0590. The van der Waals surface area contributed by atoms with E-state index in [4.69, 9.17) is 0 Å². The van der Waals surface area contributed by atoms with Crippen LogP contribution in [-0.4, -0.2) is 41.5 Å². The van der Waals surface area contributed by atoms with E-state index in [0.717, 1.165) is 30.5 Å². The Morgan fingerprint density at radius 2 is 2.37 bits per heavy atom. The standard InChI is InChI=1S/C14H20BrN3O/c1-2-18(10-13-5-3-4-6-17-13)14(19)11-7-12(15)9-16-8-11/h7-9,13,17H,2-6,10H2,1H3. The highest BCUT2D eigenvalue weighted by molar-refractivity contribution is 9.10.